The second-order valence-corrected chi connectivity index (χ2v) is 6.14. The normalized spacial score (nSPS) is 11.8. The van der Waals surface area contributed by atoms with Crippen LogP contribution in [0.3, 0.4) is 0 Å². The largest absolute Gasteiger partial charge is 0.416 e. The van der Waals surface area contributed by atoms with Crippen LogP contribution in [-0.2, 0) is 12.6 Å². The molecule has 0 radical (unpaired) electrons. The van der Waals surface area contributed by atoms with E-state index in [4.69, 9.17) is 5.73 Å². The molecule has 1 aromatic carbocycles. The average molecular weight is 319 g/mol. The highest BCUT2D eigenvalue weighted by Gasteiger charge is 2.33. The Hall–Kier alpha value is -1.12. The van der Waals surface area contributed by atoms with Gasteiger partial charge in [0.15, 0.2) is 4.34 Å². The van der Waals surface area contributed by atoms with Gasteiger partial charge in [-0.2, -0.15) is 17.5 Å². The molecular weight excluding hydrogens is 307 g/mol. The predicted molar refractivity (Wildman–Crippen MR) is 73.0 cm³/mol. The molecular formula is C12H12F3N3S2. The molecule has 0 saturated heterocycles. The monoisotopic (exact) mass is 319 g/mol. The highest BCUT2D eigenvalue weighted by Crippen LogP contribution is 2.37. The van der Waals surface area contributed by atoms with E-state index in [1.165, 1.54) is 29.4 Å². The summed E-state index contributed by atoms with van der Waals surface area (Å²) in [6.45, 7) is 1.93. The summed E-state index contributed by atoms with van der Waals surface area (Å²) in [5.74, 6) is 0.619. The van der Waals surface area contributed by atoms with E-state index in [0.29, 0.717) is 15.1 Å². The number of nitrogens with two attached hydrogens (primary N) is 1. The first kappa shape index (κ1) is 15.3. The number of hydrogen-bond acceptors (Lipinski definition) is 5. The minimum absolute atomic E-state index is 0.186. The van der Waals surface area contributed by atoms with E-state index < -0.39 is 11.7 Å². The molecule has 2 aromatic rings. The fourth-order valence-electron chi connectivity index (χ4n) is 1.68. The van der Waals surface area contributed by atoms with Crippen LogP contribution in [0.15, 0.2) is 27.4 Å². The molecule has 20 heavy (non-hydrogen) atoms. The van der Waals surface area contributed by atoms with Crippen LogP contribution in [0.2, 0.25) is 0 Å². The smallest absolute Gasteiger partial charge is 0.330 e. The Morgan fingerprint density at radius 2 is 2.10 bits per heavy atom. The average Bonchev–Trinajstić information content (AvgIpc) is 2.76. The SMILES string of the molecule is Cc1nsc(Sc2ccc(CCN)c(C(F)(F)F)c2)n1. The lowest BCUT2D eigenvalue weighted by Gasteiger charge is -2.13. The van der Waals surface area contributed by atoms with Gasteiger partial charge in [0.25, 0.3) is 0 Å². The number of halogens is 3. The molecule has 1 aromatic heterocycles. The molecule has 0 aliphatic rings. The van der Waals surface area contributed by atoms with Gasteiger partial charge < -0.3 is 5.73 Å². The molecule has 2 N–H and O–H groups in total. The number of nitrogens with zero attached hydrogens (tertiary/aromatic N) is 2. The summed E-state index contributed by atoms with van der Waals surface area (Å²) in [6, 6.07) is 4.28. The molecule has 108 valence electrons. The molecule has 3 nitrogen and oxygen atoms in total. The van der Waals surface area contributed by atoms with Crippen molar-refractivity contribution in [1.82, 2.24) is 9.36 Å². The zero-order chi connectivity index (χ0) is 14.8. The van der Waals surface area contributed by atoms with Crippen LogP contribution in [0.4, 0.5) is 13.2 Å². The van der Waals surface area contributed by atoms with Crippen molar-refractivity contribution >= 4 is 23.3 Å². The van der Waals surface area contributed by atoms with E-state index in [-0.39, 0.29) is 18.5 Å². The van der Waals surface area contributed by atoms with Gasteiger partial charge >= 0.3 is 6.18 Å². The molecule has 0 atom stereocenters. The van der Waals surface area contributed by atoms with E-state index in [1.807, 2.05) is 0 Å². The first-order valence-corrected chi connectivity index (χ1v) is 7.37. The van der Waals surface area contributed by atoms with Crippen molar-refractivity contribution in [1.29, 1.82) is 0 Å². The van der Waals surface area contributed by atoms with E-state index in [1.54, 1.807) is 13.0 Å². The maximum absolute atomic E-state index is 13.0. The molecule has 0 saturated carbocycles. The van der Waals surface area contributed by atoms with Gasteiger partial charge in [0.2, 0.25) is 0 Å². The second kappa shape index (κ2) is 6.11. The predicted octanol–water partition coefficient (Wildman–Crippen LogP) is 3.52. The quantitative estimate of drug-likeness (QED) is 0.937. The van der Waals surface area contributed by atoms with Gasteiger partial charge in [0.05, 0.1) is 5.56 Å². The first-order chi connectivity index (χ1) is 9.40. The van der Waals surface area contributed by atoms with Crippen LogP contribution in [0.25, 0.3) is 0 Å². The van der Waals surface area contributed by atoms with Gasteiger partial charge in [-0.3, -0.25) is 0 Å². The molecule has 0 unspecified atom stereocenters. The van der Waals surface area contributed by atoms with Crippen molar-refractivity contribution < 1.29 is 13.2 Å². The maximum Gasteiger partial charge on any atom is 0.416 e. The summed E-state index contributed by atoms with van der Waals surface area (Å²) >= 11 is 2.35. The van der Waals surface area contributed by atoms with Crippen LogP contribution in [0, 0.1) is 6.92 Å². The van der Waals surface area contributed by atoms with Crippen LogP contribution in [0.1, 0.15) is 17.0 Å². The lowest BCUT2D eigenvalue weighted by atomic mass is 10.0. The van der Waals surface area contributed by atoms with Crippen molar-refractivity contribution in [3.63, 3.8) is 0 Å². The zero-order valence-electron chi connectivity index (χ0n) is 10.6. The van der Waals surface area contributed by atoms with E-state index in [9.17, 15) is 13.2 Å². The number of rotatable bonds is 4. The zero-order valence-corrected chi connectivity index (χ0v) is 12.2. The lowest BCUT2D eigenvalue weighted by molar-refractivity contribution is -0.138. The molecule has 0 spiro atoms. The third-order valence-electron chi connectivity index (χ3n) is 2.51. The van der Waals surface area contributed by atoms with Gasteiger partial charge in [-0.25, -0.2) is 4.98 Å². The molecule has 1 heterocycles. The van der Waals surface area contributed by atoms with Gasteiger partial charge in [0.1, 0.15) is 5.82 Å². The van der Waals surface area contributed by atoms with E-state index in [0.717, 1.165) is 6.07 Å². The third kappa shape index (κ3) is 3.71. The van der Waals surface area contributed by atoms with Crippen molar-refractivity contribution in [3.8, 4) is 0 Å². The standard InChI is InChI=1S/C12H12F3N3S2/c1-7-17-11(20-18-7)19-9-3-2-8(4-5-16)10(6-9)12(13,14)15/h2-3,6H,4-5,16H2,1H3. The number of aryl methyl sites for hydroxylation is 1. The third-order valence-corrected chi connectivity index (χ3v) is 4.35. The Labute approximate surface area is 122 Å². The molecule has 8 heteroatoms. The van der Waals surface area contributed by atoms with Gasteiger partial charge in [-0.15, -0.1) is 0 Å². The van der Waals surface area contributed by atoms with Gasteiger partial charge in [-0.1, -0.05) is 17.8 Å². The van der Waals surface area contributed by atoms with Gasteiger partial charge in [-0.05, 0) is 49.1 Å². The van der Waals surface area contributed by atoms with Crippen LogP contribution in [-0.4, -0.2) is 15.9 Å². The Morgan fingerprint density at radius 1 is 1.35 bits per heavy atom. The van der Waals surface area contributed by atoms with Crippen molar-refractivity contribution in [2.24, 2.45) is 5.73 Å². The summed E-state index contributed by atoms with van der Waals surface area (Å²) in [6.07, 6.45) is -4.17. The highest BCUT2D eigenvalue weighted by atomic mass is 32.2. The number of benzene rings is 1. The topological polar surface area (TPSA) is 51.8 Å². The molecule has 0 aliphatic carbocycles. The van der Waals surface area contributed by atoms with Gasteiger partial charge in [0, 0.05) is 4.90 Å². The highest BCUT2D eigenvalue weighted by molar-refractivity contribution is 8.01. The fourth-order valence-corrected chi connectivity index (χ4v) is 3.34. The minimum Gasteiger partial charge on any atom is -0.330 e. The first-order valence-electron chi connectivity index (χ1n) is 5.78. The van der Waals surface area contributed by atoms with Crippen LogP contribution >= 0.6 is 23.3 Å². The summed E-state index contributed by atoms with van der Waals surface area (Å²) in [4.78, 5) is 4.62. The van der Waals surface area contributed by atoms with Crippen molar-refractivity contribution in [2.45, 2.75) is 28.8 Å². The maximum atomic E-state index is 13.0. The number of hydrogen-bond donors (Lipinski definition) is 1. The molecule has 0 aliphatic heterocycles. The molecule has 0 amide bonds. The Kier molecular flexibility index (Phi) is 4.66. The fraction of sp³-hybridized carbons (Fsp3) is 0.333. The summed E-state index contributed by atoms with van der Waals surface area (Å²) in [7, 11) is 0. The second-order valence-electron chi connectivity index (χ2n) is 4.06. The van der Waals surface area contributed by atoms with E-state index >= 15 is 0 Å². The van der Waals surface area contributed by atoms with Crippen LogP contribution < -0.4 is 5.73 Å². The van der Waals surface area contributed by atoms with E-state index in [2.05, 4.69) is 9.36 Å². The Morgan fingerprint density at radius 3 is 2.65 bits per heavy atom. The van der Waals surface area contributed by atoms with Crippen molar-refractivity contribution in [2.75, 3.05) is 6.54 Å². The molecule has 0 bridgehead atoms. The van der Waals surface area contributed by atoms with Crippen LogP contribution in [0.5, 0.6) is 0 Å². The number of alkyl halides is 3. The molecule has 2 rings (SSSR count). The summed E-state index contributed by atoms with van der Waals surface area (Å²) < 4.78 is 43.7. The lowest BCUT2D eigenvalue weighted by Crippen LogP contribution is -2.12. The number of aromatic nitrogens is 2. The van der Waals surface area contributed by atoms with Crippen molar-refractivity contribution in [3.05, 3.63) is 35.2 Å². The Bertz CT molecular complexity index is 596. The summed E-state index contributed by atoms with van der Waals surface area (Å²) in [5.41, 5.74) is 4.94. The minimum atomic E-state index is -4.38. The summed E-state index contributed by atoms with van der Waals surface area (Å²) in [5, 5.41) is 0. The molecule has 0 fully saturated rings. The Balaban J connectivity index is 2.31.